The first-order chi connectivity index (χ1) is 8.99. The highest BCUT2D eigenvalue weighted by molar-refractivity contribution is 6.40. The molecule has 0 atom stereocenters. The predicted molar refractivity (Wildman–Crippen MR) is 65.7 cm³/mol. The summed E-state index contributed by atoms with van der Waals surface area (Å²) in [5.74, 6) is -2.64. The summed E-state index contributed by atoms with van der Waals surface area (Å²) in [5, 5.41) is 9.98. The summed E-state index contributed by atoms with van der Waals surface area (Å²) in [6, 6.07) is 5.68. The van der Waals surface area contributed by atoms with Crippen LogP contribution >= 0.6 is 11.6 Å². The molecule has 0 saturated heterocycles. The summed E-state index contributed by atoms with van der Waals surface area (Å²) in [4.78, 5) is 33.9. The summed E-state index contributed by atoms with van der Waals surface area (Å²) >= 11 is 6.08. The van der Waals surface area contributed by atoms with Crippen molar-refractivity contribution < 1.29 is 24.2 Å². The van der Waals surface area contributed by atoms with E-state index in [1.807, 2.05) is 0 Å². The summed E-state index contributed by atoms with van der Waals surface area (Å²) in [5.41, 5.74) is 0.161. The number of hydrogen-bond donors (Lipinski definition) is 1. The number of benzene rings is 2. The minimum atomic E-state index is -1.09. The number of fused-ring (bicyclic) bond motifs is 2. The quantitative estimate of drug-likeness (QED) is 0.639. The number of rotatable bonds is 1. The number of carbonyl (C=O) groups is 3. The Hall–Kier alpha value is -2.40. The summed E-state index contributed by atoms with van der Waals surface area (Å²) in [6.45, 7) is 0. The van der Waals surface area contributed by atoms with E-state index in [4.69, 9.17) is 16.7 Å². The van der Waals surface area contributed by atoms with Crippen LogP contribution in [0.25, 0.3) is 10.8 Å². The fraction of sp³-hybridized carbons (Fsp3) is 0. The van der Waals surface area contributed by atoms with Crippen molar-refractivity contribution >= 4 is 40.3 Å². The molecule has 1 N–H and O–H groups in total. The Morgan fingerprint density at radius 3 is 2.58 bits per heavy atom. The Kier molecular flexibility index (Phi) is 2.33. The third-order valence-electron chi connectivity index (χ3n) is 2.93. The van der Waals surface area contributed by atoms with Crippen molar-refractivity contribution in [2.45, 2.75) is 0 Å². The van der Waals surface area contributed by atoms with Gasteiger partial charge in [-0.3, -0.25) is 0 Å². The van der Waals surface area contributed by atoms with Gasteiger partial charge in [0.25, 0.3) is 0 Å². The Morgan fingerprint density at radius 2 is 1.89 bits per heavy atom. The molecule has 0 aromatic heterocycles. The zero-order chi connectivity index (χ0) is 13.7. The number of aromatic carboxylic acids is 1. The van der Waals surface area contributed by atoms with Gasteiger partial charge in [0.05, 0.1) is 21.7 Å². The minimum Gasteiger partial charge on any atom is -0.478 e. The molecular weight excluding hydrogens is 272 g/mol. The van der Waals surface area contributed by atoms with Gasteiger partial charge in [0.1, 0.15) is 0 Å². The van der Waals surface area contributed by atoms with Gasteiger partial charge in [-0.1, -0.05) is 17.7 Å². The second-order valence-electron chi connectivity index (χ2n) is 4.03. The maximum absolute atomic E-state index is 11.5. The number of esters is 2. The van der Waals surface area contributed by atoms with Crippen LogP contribution < -0.4 is 0 Å². The van der Waals surface area contributed by atoms with Gasteiger partial charge in [-0.2, -0.15) is 0 Å². The van der Waals surface area contributed by atoms with Crippen LogP contribution in [0, 0.1) is 0 Å². The van der Waals surface area contributed by atoms with Gasteiger partial charge in [0.2, 0.25) is 0 Å². The first-order valence-corrected chi connectivity index (χ1v) is 5.63. The van der Waals surface area contributed by atoms with Crippen molar-refractivity contribution in [2.24, 2.45) is 0 Å². The number of hydrogen-bond acceptors (Lipinski definition) is 4. The highest BCUT2D eigenvalue weighted by Crippen LogP contribution is 2.35. The van der Waals surface area contributed by atoms with Gasteiger partial charge in [0.15, 0.2) is 0 Å². The molecule has 1 aliphatic heterocycles. The Balaban J connectivity index is 2.39. The summed E-state index contributed by atoms with van der Waals surface area (Å²) in [6.07, 6.45) is 0. The fourth-order valence-electron chi connectivity index (χ4n) is 2.05. The van der Waals surface area contributed by atoms with Crippen LogP contribution in [0.3, 0.4) is 0 Å². The standard InChI is InChI=1S/C13H5ClO5/c14-10-7-2-1-5(11(15)16)3-6(7)4-8-9(10)13(18)19-12(8)17/h1-4H,(H,15,16). The maximum atomic E-state index is 11.5. The lowest BCUT2D eigenvalue weighted by Gasteiger charge is -2.04. The topological polar surface area (TPSA) is 80.7 Å². The molecule has 1 heterocycles. The summed E-state index contributed by atoms with van der Waals surface area (Å²) in [7, 11) is 0. The SMILES string of the molecule is O=C(O)c1ccc2c(Cl)c3c(cc2c1)C(=O)OC3=O. The van der Waals surface area contributed by atoms with Crippen molar-refractivity contribution in [2.75, 3.05) is 0 Å². The van der Waals surface area contributed by atoms with E-state index in [0.29, 0.717) is 10.8 Å². The van der Waals surface area contributed by atoms with Crippen molar-refractivity contribution in [3.63, 3.8) is 0 Å². The molecule has 0 unspecified atom stereocenters. The van der Waals surface area contributed by atoms with E-state index >= 15 is 0 Å². The molecule has 2 aromatic rings. The van der Waals surface area contributed by atoms with Crippen LogP contribution in [0.5, 0.6) is 0 Å². The third kappa shape index (κ3) is 1.59. The number of carboxylic acid groups (broad SMARTS) is 1. The number of carbonyl (C=O) groups excluding carboxylic acids is 2. The van der Waals surface area contributed by atoms with E-state index in [0.717, 1.165) is 0 Å². The lowest BCUT2D eigenvalue weighted by Crippen LogP contribution is -1.98. The van der Waals surface area contributed by atoms with E-state index in [1.54, 1.807) is 0 Å². The Bertz CT molecular complexity index is 778. The van der Waals surface area contributed by atoms with E-state index in [-0.39, 0.29) is 21.7 Å². The highest BCUT2D eigenvalue weighted by Gasteiger charge is 2.33. The fourth-order valence-corrected chi connectivity index (χ4v) is 2.40. The van der Waals surface area contributed by atoms with Crippen molar-refractivity contribution in [1.82, 2.24) is 0 Å². The molecule has 0 amide bonds. The molecule has 1 aliphatic rings. The second-order valence-corrected chi connectivity index (χ2v) is 4.41. The van der Waals surface area contributed by atoms with Crippen molar-refractivity contribution in [1.29, 1.82) is 0 Å². The molecule has 94 valence electrons. The Labute approximate surface area is 111 Å². The molecule has 0 bridgehead atoms. The van der Waals surface area contributed by atoms with E-state index in [2.05, 4.69) is 4.74 Å². The molecule has 0 fully saturated rings. The van der Waals surface area contributed by atoms with Crippen LogP contribution in [0.4, 0.5) is 0 Å². The van der Waals surface area contributed by atoms with Crippen LogP contribution in [0.15, 0.2) is 24.3 Å². The molecule has 6 heteroatoms. The zero-order valence-electron chi connectivity index (χ0n) is 9.27. The maximum Gasteiger partial charge on any atom is 0.348 e. The monoisotopic (exact) mass is 276 g/mol. The van der Waals surface area contributed by atoms with Gasteiger partial charge >= 0.3 is 17.9 Å². The van der Waals surface area contributed by atoms with Gasteiger partial charge in [-0.15, -0.1) is 0 Å². The number of halogens is 1. The average Bonchev–Trinajstić information content (AvgIpc) is 2.64. The van der Waals surface area contributed by atoms with Crippen molar-refractivity contribution in [3.05, 3.63) is 46.0 Å². The molecule has 19 heavy (non-hydrogen) atoms. The normalized spacial score (nSPS) is 13.5. The van der Waals surface area contributed by atoms with E-state index < -0.39 is 17.9 Å². The molecular formula is C13H5ClO5. The molecule has 2 aromatic carbocycles. The number of cyclic esters (lactones) is 2. The lowest BCUT2D eigenvalue weighted by molar-refractivity contribution is 0.0443. The molecule has 0 spiro atoms. The number of ether oxygens (including phenoxy) is 1. The first-order valence-electron chi connectivity index (χ1n) is 5.25. The van der Waals surface area contributed by atoms with Crippen LogP contribution in [-0.2, 0) is 4.74 Å². The predicted octanol–water partition coefficient (Wildman–Crippen LogP) is 2.50. The molecule has 3 rings (SSSR count). The molecule has 5 nitrogen and oxygen atoms in total. The third-order valence-corrected chi connectivity index (χ3v) is 3.33. The van der Waals surface area contributed by atoms with Crippen LogP contribution in [-0.4, -0.2) is 23.0 Å². The first kappa shape index (κ1) is 11.7. The molecule has 0 saturated carbocycles. The van der Waals surface area contributed by atoms with Crippen LogP contribution in [0.2, 0.25) is 5.02 Å². The average molecular weight is 277 g/mol. The smallest absolute Gasteiger partial charge is 0.348 e. The van der Waals surface area contributed by atoms with Gasteiger partial charge < -0.3 is 9.84 Å². The largest absolute Gasteiger partial charge is 0.478 e. The van der Waals surface area contributed by atoms with Gasteiger partial charge in [-0.25, -0.2) is 14.4 Å². The van der Waals surface area contributed by atoms with E-state index in [1.165, 1.54) is 24.3 Å². The summed E-state index contributed by atoms with van der Waals surface area (Å²) < 4.78 is 4.48. The number of carboxylic acids is 1. The van der Waals surface area contributed by atoms with Gasteiger partial charge in [-0.05, 0) is 23.6 Å². The molecule has 0 radical (unpaired) electrons. The van der Waals surface area contributed by atoms with Crippen molar-refractivity contribution in [3.8, 4) is 0 Å². The lowest BCUT2D eigenvalue weighted by atomic mass is 10.0. The van der Waals surface area contributed by atoms with E-state index in [9.17, 15) is 14.4 Å². The molecule has 0 aliphatic carbocycles. The van der Waals surface area contributed by atoms with Gasteiger partial charge in [0, 0.05) is 5.39 Å². The second kappa shape index (κ2) is 3.80. The minimum absolute atomic E-state index is 0.0299. The zero-order valence-corrected chi connectivity index (χ0v) is 10.0. The van der Waals surface area contributed by atoms with Crippen LogP contribution in [0.1, 0.15) is 31.1 Å². The highest BCUT2D eigenvalue weighted by atomic mass is 35.5. The Morgan fingerprint density at radius 1 is 1.16 bits per heavy atom.